The molecule has 0 radical (unpaired) electrons. The first kappa shape index (κ1) is 22.9. The predicted octanol–water partition coefficient (Wildman–Crippen LogP) is 1.46. The molecule has 29 heavy (non-hydrogen) atoms. The topological polar surface area (TPSA) is 54.5 Å². The molecule has 168 valence electrons. The van der Waals surface area contributed by atoms with Crippen LogP contribution in [0.25, 0.3) is 0 Å². The van der Waals surface area contributed by atoms with Crippen LogP contribution in [0.1, 0.15) is 39.5 Å². The summed E-state index contributed by atoms with van der Waals surface area (Å²) in [6.07, 6.45) is 4.15. The van der Waals surface area contributed by atoms with Crippen LogP contribution in [0.2, 0.25) is 0 Å². The van der Waals surface area contributed by atoms with Gasteiger partial charge in [-0.2, -0.15) is 0 Å². The average molecular weight is 412 g/mol. The second-order valence-electron chi connectivity index (χ2n) is 9.33. The lowest BCUT2D eigenvalue weighted by Gasteiger charge is -2.49. The SMILES string of the molecule is COCCOCC(=O)N1CCC2(CC1)C[C@H](N1CCN(CC(C)C)CC1)CCO2. The number of amides is 1. The normalized spacial score (nSPS) is 26.3. The predicted molar refractivity (Wildman–Crippen MR) is 113 cm³/mol. The van der Waals surface area contributed by atoms with E-state index in [4.69, 9.17) is 14.2 Å². The number of hydrogen-bond donors (Lipinski definition) is 0. The Labute approximate surface area is 176 Å². The van der Waals surface area contributed by atoms with E-state index in [0.29, 0.717) is 19.3 Å². The molecule has 7 heteroatoms. The lowest BCUT2D eigenvalue weighted by Crippen LogP contribution is -2.57. The van der Waals surface area contributed by atoms with Crippen molar-refractivity contribution in [1.82, 2.24) is 14.7 Å². The van der Waals surface area contributed by atoms with Crippen LogP contribution in [0.4, 0.5) is 0 Å². The molecule has 0 aromatic heterocycles. The van der Waals surface area contributed by atoms with Gasteiger partial charge in [0.1, 0.15) is 6.61 Å². The highest BCUT2D eigenvalue weighted by Crippen LogP contribution is 2.37. The molecule has 1 atom stereocenters. The third kappa shape index (κ3) is 6.62. The smallest absolute Gasteiger partial charge is 0.248 e. The van der Waals surface area contributed by atoms with Crippen LogP contribution in [0, 0.1) is 5.92 Å². The van der Waals surface area contributed by atoms with Crippen LogP contribution in [-0.4, -0.2) is 112 Å². The molecule has 7 nitrogen and oxygen atoms in total. The molecule has 3 rings (SSSR count). The molecule has 3 aliphatic heterocycles. The second-order valence-corrected chi connectivity index (χ2v) is 9.33. The fourth-order valence-electron chi connectivity index (χ4n) is 5.05. The molecule has 1 amide bonds. The Morgan fingerprint density at radius 1 is 1.10 bits per heavy atom. The molecular formula is C22H41N3O4. The number of ether oxygens (including phenoxy) is 3. The number of rotatable bonds is 8. The maximum atomic E-state index is 12.4. The van der Waals surface area contributed by atoms with Crippen molar-refractivity contribution in [2.45, 2.75) is 51.2 Å². The summed E-state index contributed by atoms with van der Waals surface area (Å²) in [6, 6.07) is 0.629. The molecular weight excluding hydrogens is 370 g/mol. The summed E-state index contributed by atoms with van der Waals surface area (Å²) in [4.78, 5) is 19.6. The summed E-state index contributed by atoms with van der Waals surface area (Å²) >= 11 is 0. The quantitative estimate of drug-likeness (QED) is 0.564. The van der Waals surface area contributed by atoms with Gasteiger partial charge < -0.3 is 24.0 Å². The standard InChI is InChI=1S/C22H41N3O4/c1-19(2)17-23-9-11-24(12-10-23)20-4-13-29-22(16-20)5-7-25(8-6-22)21(26)18-28-15-14-27-3/h19-20H,4-18H2,1-3H3/t20-/m1/s1. The highest BCUT2D eigenvalue weighted by molar-refractivity contribution is 5.77. The Kier molecular flexibility index (Phi) is 8.74. The Hall–Kier alpha value is -0.730. The minimum Gasteiger partial charge on any atom is -0.382 e. The van der Waals surface area contributed by atoms with E-state index in [1.807, 2.05) is 4.90 Å². The van der Waals surface area contributed by atoms with Gasteiger partial charge in [0.25, 0.3) is 0 Å². The molecule has 0 unspecified atom stereocenters. The van der Waals surface area contributed by atoms with Gasteiger partial charge in [-0.25, -0.2) is 0 Å². The van der Waals surface area contributed by atoms with E-state index in [2.05, 4.69) is 23.6 Å². The number of nitrogens with zero attached hydrogens (tertiary/aromatic N) is 3. The van der Waals surface area contributed by atoms with E-state index in [9.17, 15) is 4.79 Å². The van der Waals surface area contributed by atoms with Crippen LogP contribution in [0.15, 0.2) is 0 Å². The van der Waals surface area contributed by atoms with Crippen molar-refractivity contribution < 1.29 is 19.0 Å². The highest BCUT2D eigenvalue weighted by Gasteiger charge is 2.42. The first-order chi connectivity index (χ1) is 14.0. The maximum absolute atomic E-state index is 12.4. The average Bonchev–Trinajstić information content (AvgIpc) is 2.72. The minimum absolute atomic E-state index is 0.0360. The van der Waals surface area contributed by atoms with Gasteiger partial charge in [-0.1, -0.05) is 13.8 Å². The van der Waals surface area contributed by atoms with Crippen molar-refractivity contribution in [2.75, 3.05) is 79.4 Å². The zero-order valence-electron chi connectivity index (χ0n) is 18.7. The summed E-state index contributed by atoms with van der Waals surface area (Å²) < 4.78 is 16.7. The number of carbonyl (C=O) groups is 1. The van der Waals surface area contributed by atoms with Crippen molar-refractivity contribution in [3.8, 4) is 0 Å². The van der Waals surface area contributed by atoms with E-state index in [1.54, 1.807) is 7.11 Å². The molecule has 3 aliphatic rings. The molecule has 0 aliphatic carbocycles. The van der Waals surface area contributed by atoms with Crippen LogP contribution >= 0.6 is 0 Å². The lowest BCUT2D eigenvalue weighted by atomic mass is 9.81. The fourth-order valence-corrected chi connectivity index (χ4v) is 5.05. The minimum atomic E-state index is -0.0360. The highest BCUT2D eigenvalue weighted by atomic mass is 16.5. The molecule has 0 N–H and O–H groups in total. The number of hydrogen-bond acceptors (Lipinski definition) is 6. The van der Waals surface area contributed by atoms with Crippen molar-refractivity contribution in [3.63, 3.8) is 0 Å². The van der Waals surface area contributed by atoms with Gasteiger partial charge in [-0.3, -0.25) is 9.69 Å². The van der Waals surface area contributed by atoms with Crippen molar-refractivity contribution in [2.24, 2.45) is 5.92 Å². The first-order valence-electron chi connectivity index (χ1n) is 11.5. The van der Waals surface area contributed by atoms with Crippen LogP contribution in [0.3, 0.4) is 0 Å². The number of piperidine rings is 1. The van der Waals surface area contributed by atoms with Gasteiger partial charge in [-0.05, 0) is 31.6 Å². The van der Waals surface area contributed by atoms with Gasteiger partial charge >= 0.3 is 0 Å². The van der Waals surface area contributed by atoms with E-state index in [1.165, 1.54) is 32.7 Å². The Morgan fingerprint density at radius 3 is 2.48 bits per heavy atom. The Balaban J connectivity index is 1.42. The molecule has 3 saturated heterocycles. The van der Waals surface area contributed by atoms with Crippen LogP contribution in [0.5, 0.6) is 0 Å². The molecule has 0 aromatic carbocycles. The van der Waals surface area contributed by atoms with E-state index in [0.717, 1.165) is 51.3 Å². The summed E-state index contributed by atoms with van der Waals surface area (Å²) in [5.74, 6) is 0.829. The maximum Gasteiger partial charge on any atom is 0.248 e. The Bertz CT molecular complexity index is 500. The van der Waals surface area contributed by atoms with Crippen LogP contribution in [-0.2, 0) is 19.0 Å². The van der Waals surface area contributed by atoms with Crippen molar-refractivity contribution in [3.05, 3.63) is 0 Å². The van der Waals surface area contributed by atoms with E-state index in [-0.39, 0.29) is 18.1 Å². The van der Waals surface area contributed by atoms with Crippen LogP contribution < -0.4 is 0 Å². The Morgan fingerprint density at radius 2 is 1.83 bits per heavy atom. The molecule has 3 heterocycles. The largest absolute Gasteiger partial charge is 0.382 e. The molecule has 0 aromatic rings. The lowest BCUT2D eigenvalue weighted by molar-refractivity contribution is -0.153. The fraction of sp³-hybridized carbons (Fsp3) is 0.955. The van der Waals surface area contributed by atoms with Gasteiger partial charge in [0, 0.05) is 65.6 Å². The molecule has 0 bridgehead atoms. The summed E-state index contributed by atoms with van der Waals surface area (Å²) in [7, 11) is 1.64. The summed E-state index contributed by atoms with van der Waals surface area (Å²) in [6.45, 7) is 14.1. The third-order valence-electron chi connectivity index (χ3n) is 6.70. The van der Waals surface area contributed by atoms with Crippen molar-refractivity contribution >= 4 is 5.91 Å². The first-order valence-corrected chi connectivity index (χ1v) is 11.5. The number of carbonyl (C=O) groups excluding carboxylic acids is 1. The zero-order chi connectivity index (χ0) is 20.7. The van der Waals surface area contributed by atoms with E-state index < -0.39 is 0 Å². The molecule has 1 spiro atoms. The number of likely N-dealkylation sites (tertiary alicyclic amines) is 1. The molecule has 3 fully saturated rings. The molecule has 0 saturated carbocycles. The van der Waals surface area contributed by atoms with Gasteiger partial charge in [0.15, 0.2) is 0 Å². The van der Waals surface area contributed by atoms with Gasteiger partial charge in [0.2, 0.25) is 5.91 Å². The van der Waals surface area contributed by atoms with Gasteiger partial charge in [-0.15, -0.1) is 0 Å². The second kappa shape index (κ2) is 11.0. The van der Waals surface area contributed by atoms with E-state index >= 15 is 0 Å². The third-order valence-corrected chi connectivity index (χ3v) is 6.70. The van der Waals surface area contributed by atoms with Gasteiger partial charge in [0.05, 0.1) is 18.8 Å². The van der Waals surface area contributed by atoms with Crippen molar-refractivity contribution in [1.29, 1.82) is 0 Å². The summed E-state index contributed by atoms with van der Waals surface area (Å²) in [5, 5.41) is 0. The summed E-state index contributed by atoms with van der Waals surface area (Å²) in [5.41, 5.74) is -0.0360. The number of methoxy groups -OCH3 is 1. The zero-order valence-corrected chi connectivity index (χ0v) is 18.7. The number of piperazine rings is 1. The monoisotopic (exact) mass is 411 g/mol.